The molecule has 4 N–H and O–H groups in total. The van der Waals surface area contributed by atoms with Crippen molar-refractivity contribution in [2.45, 2.75) is 6.42 Å². The van der Waals surface area contributed by atoms with Crippen LogP contribution in [0.15, 0.2) is 73.4 Å². The lowest BCUT2D eigenvalue weighted by Gasteiger charge is -2.07. The lowest BCUT2D eigenvalue weighted by molar-refractivity contribution is -0.120. The van der Waals surface area contributed by atoms with Crippen LogP contribution in [0.5, 0.6) is 0 Å². The summed E-state index contributed by atoms with van der Waals surface area (Å²) in [5.41, 5.74) is 5.21. The number of carbonyl (C=O) groups is 2. The van der Waals surface area contributed by atoms with Gasteiger partial charge in [0.15, 0.2) is 0 Å². The maximum atomic E-state index is 12.6. The second kappa shape index (κ2) is 8.96. The van der Waals surface area contributed by atoms with Crippen molar-refractivity contribution in [3.8, 4) is 11.1 Å². The van der Waals surface area contributed by atoms with Crippen molar-refractivity contribution in [1.82, 2.24) is 30.6 Å². The van der Waals surface area contributed by atoms with Gasteiger partial charge in [0.1, 0.15) is 5.65 Å². The molecule has 8 nitrogen and oxygen atoms in total. The molecule has 0 radical (unpaired) electrons. The molecule has 164 valence electrons. The molecule has 0 aliphatic heterocycles. The fraction of sp³-hybridized carbons (Fsp3) is 0.120. The monoisotopic (exact) mass is 438 g/mol. The van der Waals surface area contributed by atoms with Crippen molar-refractivity contribution >= 4 is 33.8 Å². The van der Waals surface area contributed by atoms with Crippen LogP contribution < -0.4 is 10.6 Å². The summed E-state index contributed by atoms with van der Waals surface area (Å²) in [4.78, 5) is 39.6. The Kier molecular flexibility index (Phi) is 5.55. The Bertz CT molecular complexity index is 1440. The number of aromatic nitrogens is 4. The number of benzene rings is 1. The van der Waals surface area contributed by atoms with E-state index in [2.05, 4.69) is 36.6 Å². The standard InChI is InChI=1S/C25H22N6O2/c32-23(27-10-7-17-12-28-22-4-2-1-3-19(17)22)15-31-25(33)18-11-20-21(14-30-24(20)29-13-18)16-5-8-26-9-6-16/h1-6,8-9,11-14,28H,7,10,15H2,(H,27,32)(H,29,30)(H,31,33). The van der Waals surface area contributed by atoms with Crippen molar-refractivity contribution in [2.75, 3.05) is 13.1 Å². The molecule has 33 heavy (non-hydrogen) atoms. The summed E-state index contributed by atoms with van der Waals surface area (Å²) in [6.07, 6.45) is 9.46. The molecule has 0 saturated carbocycles. The van der Waals surface area contributed by atoms with E-state index in [1.54, 1.807) is 18.5 Å². The van der Waals surface area contributed by atoms with E-state index < -0.39 is 0 Å². The van der Waals surface area contributed by atoms with Gasteiger partial charge in [-0.3, -0.25) is 14.6 Å². The van der Waals surface area contributed by atoms with Gasteiger partial charge < -0.3 is 20.6 Å². The van der Waals surface area contributed by atoms with Gasteiger partial charge in [-0.05, 0) is 41.8 Å². The highest BCUT2D eigenvalue weighted by Crippen LogP contribution is 2.27. The number of aromatic amines is 2. The van der Waals surface area contributed by atoms with E-state index >= 15 is 0 Å². The number of fused-ring (bicyclic) bond motifs is 2. The Balaban J connectivity index is 1.18. The first-order valence-electron chi connectivity index (χ1n) is 10.7. The van der Waals surface area contributed by atoms with Crippen molar-refractivity contribution in [3.05, 3.63) is 84.6 Å². The Labute approximate surface area is 189 Å². The van der Waals surface area contributed by atoms with Gasteiger partial charge >= 0.3 is 0 Å². The molecule has 0 aliphatic rings. The molecule has 0 fully saturated rings. The Morgan fingerprint density at radius 3 is 2.67 bits per heavy atom. The van der Waals surface area contributed by atoms with Crippen LogP contribution >= 0.6 is 0 Å². The minimum atomic E-state index is -0.349. The Morgan fingerprint density at radius 1 is 0.939 bits per heavy atom. The molecule has 4 heterocycles. The van der Waals surface area contributed by atoms with Gasteiger partial charge in [0, 0.05) is 59.4 Å². The average Bonchev–Trinajstić information content (AvgIpc) is 3.47. The Morgan fingerprint density at radius 2 is 1.79 bits per heavy atom. The molecule has 0 atom stereocenters. The molecule has 0 bridgehead atoms. The average molecular weight is 438 g/mol. The fourth-order valence-electron chi connectivity index (χ4n) is 3.90. The molecule has 8 heteroatoms. The first-order chi connectivity index (χ1) is 16.2. The summed E-state index contributed by atoms with van der Waals surface area (Å²) >= 11 is 0. The summed E-state index contributed by atoms with van der Waals surface area (Å²) in [7, 11) is 0. The van der Waals surface area contributed by atoms with E-state index in [1.807, 2.05) is 42.7 Å². The van der Waals surface area contributed by atoms with Crippen molar-refractivity contribution in [2.24, 2.45) is 0 Å². The predicted molar refractivity (Wildman–Crippen MR) is 127 cm³/mol. The van der Waals surface area contributed by atoms with Crippen LogP contribution in [0.2, 0.25) is 0 Å². The highest BCUT2D eigenvalue weighted by Gasteiger charge is 2.13. The van der Waals surface area contributed by atoms with Crippen LogP contribution in [0.25, 0.3) is 33.1 Å². The molecule has 0 aliphatic carbocycles. The maximum Gasteiger partial charge on any atom is 0.253 e. The number of amides is 2. The third-order valence-electron chi connectivity index (χ3n) is 5.59. The van der Waals surface area contributed by atoms with Crippen molar-refractivity contribution < 1.29 is 9.59 Å². The summed E-state index contributed by atoms with van der Waals surface area (Å²) in [5.74, 6) is -0.589. The second-order valence-corrected chi connectivity index (χ2v) is 7.70. The van der Waals surface area contributed by atoms with E-state index in [1.165, 1.54) is 6.20 Å². The molecule has 0 spiro atoms. The number of hydrogen-bond acceptors (Lipinski definition) is 4. The molecule has 5 rings (SSSR count). The zero-order valence-corrected chi connectivity index (χ0v) is 17.8. The SMILES string of the molecule is O=C(CNC(=O)c1cnc2[nH]cc(-c3ccncc3)c2c1)NCCc1c[nH]c2ccccc12. The third-order valence-corrected chi connectivity index (χ3v) is 5.59. The summed E-state index contributed by atoms with van der Waals surface area (Å²) in [6.45, 7) is 0.387. The summed E-state index contributed by atoms with van der Waals surface area (Å²) in [6, 6.07) is 13.6. The van der Waals surface area contributed by atoms with Crippen LogP contribution in [0.3, 0.4) is 0 Å². The number of pyridine rings is 2. The van der Waals surface area contributed by atoms with Crippen LogP contribution in [0, 0.1) is 0 Å². The van der Waals surface area contributed by atoms with Gasteiger partial charge in [0.05, 0.1) is 12.1 Å². The molecular formula is C25H22N6O2. The first-order valence-corrected chi connectivity index (χ1v) is 10.7. The number of para-hydroxylation sites is 1. The van der Waals surface area contributed by atoms with E-state index in [9.17, 15) is 9.59 Å². The predicted octanol–water partition coefficient (Wildman–Crippen LogP) is 3.19. The van der Waals surface area contributed by atoms with Crippen LogP contribution in [0.4, 0.5) is 0 Å². The van der Waals surface area contributed by atoms with Gasteiger partial charge in [0.2, 0.25) is 5.91 Å². The van der Waals surface area contributed by atoms with Crippen molar-refractivity contribution in [1.29, 1.82) is 0 Å². The normalized spacial score (nSPS) is 11.0. The minimum Gasteiger partial charge on any atom is -0.361 e. The van der Waals surface area contributed by atoms with Gasteiger partial charge in [-0.2, -0.15) is 0 Å². The van der Waals surface area contributed by atoms with Gasteiger partial charge in [-0.25, -0.2) is 4.98 Å². The highest BCUT2D eigenvalue weighted by atomic mass is 16.2. The summed E-state index contributed by atoms with van der Waals surface area (Å²) < 4.78 is 0. The zero-order valence-electron chi connectivity index (χ0n) is 17.8. The topological polar surface area (TPSA) is 116 Å². The molecule has 2 amide bonds. The quantitative estimate of drug-likeness (QED) is 0.312. The number of nitrogens with zero attached hydrogens (tertiary/aromatic N) is 2. The van der Waals surface area contributed by atoms with Crippen LogP contribution in [-0.2, 0) is 11.2 Å². The van der Waals surface area contributed by atoms with Crippen molar-refractivity contribution in [3.63, 3.8) is 0 Å². The van der Waals surface area contributed by atoms with E-state index in [-0.39, 0.29) is 18.4 Å². The number of carbonyl (C=O) groups excluding carboxylic acids is 2. The maximum absolute atomic E-state index is 12.6. The van der Waals surface area contributed by atoms with Crippen LogP contribution in [0.1, 0.15) is 15.9 Å². The van der Waals surface area contributed by atoms with E-state index in [0.29, 0.717) is 24.2 Å². The van der Waals surface area contributed by atoms with Gasteiger partial charge in [0.25, 0.3) is 5.91 Å². The number of nitrogens with one attached hydrogen (secondary N) is 4. The number of hydrogen-bond donors (Lipinski definition) is 4. The highest BCUT2D eigenvalue weighted by molar-refractivity contribution is 6.01. The van der Waals surface area contributed by atoms with E-state index in [4.69, 9.17) is 0 Å². The lowest BCUT2D eigenvalue weighted by atomic mass is 10.1. The first kappa shape index (κ1) is 20.4. The van der Waals surface area contributed by atoms with E-state index in [0.717, 1.165) is 33.0 Å². The Hall–Kier alpha value is -4.46. The largest absolute Gasteiger partial charge is 0.361 e. The number of rotatable bonds is 7. The smallest absolute Gasteiger partial charge is 0.253 e. The molecule has 5 aromatic rings. The molecular weight excluding hydrogens is 416 g/mol. The minimum absolute atomic E-state index is 0.102. The lowest BCUT2D eigenvalue weighted by Crippen LogP contribution is -2.37. The fourth-order valence-corrected chi connectivity index (χ4v) is 3.90. The van der Waals surface area contributed by atoms with Crippen LogP contribution in [-0.4, -0.2) is 44.8 Å². The third kappa shape index (κ3) is 4.31. The number of H-pyrrole nitrogens is 2. The molecule has 1 aromatic carbocycles. The molecule has 0 unspecified atom stereocenters. The zero-order chi connectivity index (χ0) is 22.6. The van der Waals surface area contributed by atoms with Gasteiger partial charge in [-0.1, -0.05) is 18.2 Å². The molecule has 0 saturated heterocycles. The second-order valence-electron chi connectivity index (χ2n) is 7.70. The van der Waals surface area contributed by atoms with Gasteiger partial charge in [-0.15, -0.1) is 0 Å². The summed E-state index contributed by atoms with van der Waals surface area (Å²) in [5, 5.41) is 7.51. The molecule has 4 aromatic heterocycles.